The number of hydrogen-bond donors (Lipinski definition) is 3. The molecular formula is C26H25N4O3S+. The molecule has 3 aromatic carbocycles. The second-order valence-electron chi connectivity index (χ2n) is 8.08. The highest BCUT2D eigenvalue weighted by Gasteiger charge is 2.38. The first-order chi connectivity index (χ1) is 16.5. The van der Waals surface area contributed by atoms with Crippen LogP contribution in [0.25, 0.3) is 11.3 Å². The lowest BCUT2D eigenvalue weighted by Crippen LogP contribution is -2.55. The summed E-state index contributed by atoms with van der Waals surface area (Å²) < 4.78 is 7.31. The molecule has 1 aromatic heterocycles. The van der Waals surface area contributed by atoms with Gasteiger partial charge in [0.25, 0.3) is 6.17 Å². The summed E-state index contributed by atoms with van der Waals surface area (Å²) in [7, 11) is 0. The van der Waals surface area contributed by atoms with Gasteiger partial charge < -0.3 is 15.2 Å². The number of aromatic amines is 1. The van der Waals surface area contributed by atoms with Crippen LogP contribution in [0, 0.1) is 6.92 Å². The van der Waals surface area contributed by atoms with Gasteiger partial charge in [0.15, 0.2) is 11.5 Å². The number of ether oxygens (including phenoxy) is 1. The number of thioether (sulfide) groups is 1. The third kappa shape index (κ3) is 4.24. The molecule has 4 aromatic rings. The molecule has 0 spiro atoms. The summed E-state index contributed by atoms with van der Waals surface area (Å²) >= 11 is 1.48. The Balaban J connectivity index is 1.58. The smallest absolute Gasteiger partial charge is 0.325 e. The van der Waals surface area contributed by atoms with E-state index in [1.807, 2.05) is 37.3 Å². The van der Waals surface area contributed by atoms with Crippen molar-refractivity contribution < 1.29 is 14.5 Å². The lowest BCUT2D eigenvalue weighted by atomic mass is 10.0. The molecule has 0 saturated carbocycles. The van der Waals surface area contributed by atoms with Crippen LogP contribution in [-0.2, 0) is 5.75 Å². The molecule has 7 nitrogen and oxygen atoms in total. The van der Waals surface area contributed by atoms with Crippen molar-refractivity contribution in [3.63, 3.8) is 0 Å². The van der Waals surface area contributed by atoms with Crippen LogP contribution in [0.2, 0.25) is 0 Å². The van der Waals surface area contributed by atoms with Crippen molar-refractivity contribution in [2.75, 3.05) is 11.9 Å². The molecule has 0 unspecified atom stereocenters. The summed E-state index contributed by atoms with van der Waals surface area (Å²) in [4.78, 5) is 16.2. The van der Waals surface area contributed by atoms with E-state index in [4.69, 9.17) is 9.84 Å². The molecule has 0 radical (unpaired) electrons. The average molecular weight is 474 g/mol. The minimum atomic E-state index is -0.453. The number of rotatable bonds is 6. The molecule has 0 saturated heterocycles. The Hall–Kier alpha value is -3.78. The Kier molecular flexibility index (Phi) is 5.98. The third-order valence-electron chi connectivity index (χ3n) is 5.68. The van der Waals surface area contributed by atoms with Gasteiger partial charge in [0.05, 0.1) is 17.9 Å². The van der Waals surface area contributed by atoms with Gasteiger partial charge >= 0.3 is 11.3 Å². The van der Waals surface area contributed by atoms with Crippen LogP contribution in [0.1, 0.15) is 29.8 Å². The molecule has 2 heterocycles. The van der Waals surface area contributed by atoms with E-state index < -0.39 is 6.17 Å². The van der Waals surface area contributed by atoms with Crippen molar-refractivity contribution in [1.82, 2.24) is 10.1 Å². The maximum Gasteiger partial charge on any atom is 0.325 e. The lowest BCUT2D eigenvalue weighted by Gasteiger charge is -2.22. The highest BCUT2D eigenvalue weighted by molar-refractivity contribution is 7.98. The van der Waals surface area contributed by atoms with E-state index in [2.05, 4.69) is 41.5 Å². The maximum absolute atomic E-state index is 13.3. The summed E-state index contributed by atoms with van der Waals surface area (Å²) in [6.07, 6.45) is -0.453. The van der Waals surface area contributed by atoms with E-state index in [-0.39, 0.29) is 11.3 Å². The van der Waals surface area contributed by atoms with E-state index in [0.29, 0.717) is 29.0 Å². The van der Waals surface area contributed by atoms with Crippen molar-refractivity contribution in [2.45, 2.75) is 30.9 Å². The molecule has 1 aliphatic heterocycles. The van der Waals surface area contributed by atoms with Crippen LogP contribution in [0.15, 0.2) is 76.7 Å². The summed E-state index contributed by atoms with van der Waals surface area (Å²) in [5.41, 5.74) is 5.07. The fourth-order valence-corrected chi connectivity index (χ4v) is 4.79. The summed E-state index contributed by atoms with van der Waals surface area (Å²) in [6, 6.07) is 21.2. The van der Waals surface area contributed by atoms with Gasteiger partial charge in [0.1, 0.15) is 0 Å². The maximum atomic E-state index is 13.3. The Morgan fingerprint density at radius 1 is 1.12 bits per heavy atom. The highest BCUT2D eigenvalue weighted by Crippen LogP contribution is 2.34. The van der Waals surface area contributed by atoms with Crippen molar-refractivity contribution in [3.05, 3.63) is 93.8 Å². The number of fused-ring (bicyclic) bond motifs is 3. The van der Waals surface area contributed by atoms with Crippen LogP contribution in [0.3, 0.4) is 0 Å². The molecule has 8 heteroatoms. The van der Waals surface area contributed by atoms with Gasteiger partial charge in [-0.15, -0.1) is 0 Å². The Bertz CT molecular complexity index is 1400. The van der Waals surface area contributed by atoms with E-state index >= 15 is 0 Å². The first kappa shape index (κ1) is 22.0. The fourth-order valence-electron chi connectivity index (χ4n) is 3.99. The largest absolute Gasteiger partial charge is 0.504 e. The van der Waals surface area contributed by atoms with Gasteiger partial charge in [-0.25, -0.2) is 0 Å². The number of phenols is 1. The van der Waals surface area contributed by atoms with Crippen molar-refractivity contribution in [1.29, 1.82) is 0 Å². The minimum absolute atomic E-state index is 0.0697. The van der Waals surface area contributed by atoms with Crippen LogP contribution < -0.4 is 20.3 Å². The Labute approximate surface area is 201 Å². The number of benzene rings is 3. The molecule has 172 valence electrons. The SMILES string of the molecule is CCOc1cc([C@@H]2Nc3ccccc3-c3c(=O)[nH]c(SCc4ccc(C)cc4)n[n+]32)ccc1O. The van der Waals surface area contributed by atoms with Gasteiger partial charge in [-0.2, -0.15) is 0 Å². The normalized spacial score (nSPS) is 14.1. The topological polar surface area (TPSA) is 91.1 Å². The second kappa shape index (κ2) is 9.23. The molecule has 0 bridgehead atoms. The second-order valence-corrected chi connectivity index (χ2v) is 9.04. The fraction of sp³-hybridized carbons (Fsp3) is 0.192. The quantitative estimate of drug-likeness (QED) is 0.284. The zero-order valence-electron chi connectivity index (χ0n) is 18.9. The van der Waals surface area contributed by atoms with E-state index in [9.17, 15) is 9.90 Å². The number of H-pyrrole nitrogens is 1. The van der Waals surface area contributed by atoms with E-state index in [1.165, 1.54) is 17.3 Å². The van der Waals surface area contributed by atoms with Gasteiger partial charge in [-0.1, -0.05) is 53.7 Å². The Morgan fingerprint density at radius 3 is 2.71 bits per heavy atom. The standard InChI is InChI=1S/C26H24N4O3S/c1-3-33-22-14-18(12-13-21(22)31)24-27-20-7-5-4-6-19(20)23-25(32)28-26(29-30(23)24)34-15-17-10-8-16(2)9-11-17/h4-14,24H,3,15H2,1-2H3,(H2,28,29,31,32)/p+1/t24-/m1/s1. The van der Waals surface area contributed by atoms with Crippen molar-refractivity contribution in [2.24, 2.45) is 0 Å². The van der Waals surface area contributed by atoms with Crippen molar-refractivity contribution >= 4 is 17.4 Å². The predicted molar refractivity (Wildman–Crippen MR) is 132 cm³/mol. The predicted octanol–water partition coefficient (Wildman–Crippen LogP) is 4.40. The van der Waals surface area contributed by atoms with Crippen LogP contribution in [-0.4, -0.2) is 21.8 Å². The number of phenolic OH excluding ortho intramolecular Hbond substituents is 1. The molecule has 0 aliphatic carbocycles. The van der Waals surface area contributed by atoms with Gasteiger partial charge in [0, 0.05) is 16.4 Å². The number of nitrogens with one attached hydrogen (secondary N) is 2. The highest BCUT2D eigenvalue weighted by atomic mass is 32.2. The molecule has 1 atom stereocenters. The summed E-state index contributed by atoms with van der Waals surface area (Å²) in [5.74, 6) is 1.15. The summed E-state index contributed by atoms with van der Waals surface area (Å²) in [6.45, 7) is 4.35. The van der Waals surface area contributed by atoms with Gasteiger partial charge in [-0.3, -0.25) is 9.78 Å². The van der Waals surface area contributed by atoms with Crippen LogP contribution in [0.4, 0.5) is 5.69 Å². The number of anilines is 1. The van der Waals surface area contributed by atoms with Crippen LogP contribution >= 0.6 is 11.8 Å². The number of aromatic hydroxyl groups is 1. The number of para-hydroxylation sites is 1. The van der Waals surface area contributed by atoms with E-state index in [1.54, 1.807) is 16.8 Å². The average Bonchev–Trinajstić information content (AvgIpc) is 2.84. The van der Waals surface area contributed by atoms with Crippen molar-refractivity contribution in [3.8, 4) is 22.8 Å². The van der Waals surface area contributed by atoms with Crippen LogP contribution in [0.5, 0.6) is 11.5 Å². The third-order valence-corrected chi connectivity index (χ3v) is 6.61. The molecule has 0 fully saturated rings. The lowest BCUT2D eigenvalue weighted by molar-refractivity contribution is -0.759. The molecule has 1 aliphatic rings. The number of aromatic nitrogens is 3. The number of nitrogens with zero attached hydrogens (tertiary/aromatic N) is 2. The molecular weight excluding hydrogens is 448 g/mol. The van der Waals surface area contributed by atoms with Gasteiger partial charge in [-0.05, 0) is 54.4 Å². The monoisotopic (exact) mass is 473 g/mol. The van der Waals surface area contributed by atoms with E-state index in [0.717, 1.165) is 22.4 Å². The minimum Gasteiger partial charge on any atom is -0.504 e. The Morgan fingerprint density at radius 2 is 1.91 bits per heavy atom. The van der Waals surface area contributed by atoms with Gasteiger partial charge in [0.2, 0.25) is 5.16 Å². The number of hydrogen-bond acceptors (Lipinski definition) is 6. The molecule has 5 rings (SSSR count). The zero-order valence-corrected chi connectivity index (χ0v) is 19.7. The zero-order chi connectivity index (χ0) is 23.7. The number of aryl methyl sites for hydroxylation is 1. The first-order valence-corrected chi connectivity index (χ1v) is 12.1. The molecule has 3 N–H and O–H groups in total. The first-order valence-electron chi connectivity index (χ1n) is 11.1. The summed E-state index contributed by atoms with van der Waals surface area (Å²) in [5, 5.41) is 19.0. The molecule has 34 heavy (non-hydrogen) atoms. The molecule has 0 amide bonds.